The van der Waals surface area contributed by atoms with Gasteiger partial charge in [-0.25, -0.2) is 14.8 Å². The van der Waals surface area contributed by atoms with Gasteiger partial charge in [0.05, 0.1) is 12.2 Å². The molecule has 0 spiro atoms. The van der Waals surface area contributed by atoms with Crippen LogP contribution < -0.4 is 10.6 Å². The molecular formula is C22H22N4O3. The van der Waals surface area contributed by atoms with Gasteiger partial charge in [0.2, 0.25) is 5.95 Å². The lowest BCUT2D eigenvalue weighted by Gasteiger charge is -2.08. The fourth-order valence-corrected chi connectivity index (χ4v) is 2.63. The molecule has 0 saturated heterocycles. The van der Waals surface area contributed by atoms with Crippen molar-refractivity contribution in [2.45, 2.75) is 13.3 Å². The summed E-state index contributed by atoms with van der Waals surface area (Å²) in [6.45, 7) is 2.60. The maximum absolute atomic E-state index is 12.3. The Kier molecular flexibility index (Phi) is 6.89. The van der Waals surface area contributed by atoms with Crippen molar-refractivity contribution in [3.63, 3.8) is 0 Å². The quantitative estimate of drug-likeness (QED) is 0.573. The Hall–Kier alpha value is -3.74. The molecule has 29 heavy (non-hydrogen) atoms. The van der Waals surface area contributed by atoms with Crippen LogP contribution in [0.15, 0.2) is 66.9 Å². The van der Waals surface area contributed by atoms with Crippen LogP contribution >= 0.6 is 0 Å². The number of carbonyl (C=O) groups is 2. The van der Waals surface area contributed by atoms with Crippen molar-refractivity contribution in [2.24, 2.45) is 0 Å². The lowest BCUT2D eigenvalue weighted by molar-refractivity contribution is 0.0526. The highest BCUT2D eigenvalue weighted by molar-refractivity contribution is 5.92. The SMILES string of the molecule is CCOC(=O)c1ccc(Nc2nccc(C(=O)NCCc3ccccc3)n2)cc1. The van der Waals surface area contributed by atoms with Crippen molar-refractivity contribution in [3.05, 3.63) is 83.7 Å². The summed E-state index contributed by atoms with van der Waals surface area (Å²) in [5.74, 6) is -0.335. The number of benzene rings is 2. The Morgan fingerprint density at radius 2 is 1.76 bits per heavy atom. The van der Waals surface area contributed by atoms with Crippen LogP contribution in [0.3, 0.4) is 0 Å². The number of esters is 1. The maximum atomic E-state index is 12.3. The van der Waals surface area contributed by atoms with Crippen LogP contribution in [0.2, 0.25) is 0 Å². The molecule has 2 aromatic carbocycles. The Labute approximate surface area is 169 Å². The topological polar surface area (TPSA) is 93.2 Å². The summed E-state index contributed by atoms with van der Waals surface area (Å²) in [6, 6.07) is 18.3. The Bertz CT molecular complexity index is 959. The fraction of sp³-hybridized carbons (Fsp3) is 0.182. The molecule has 1 heterocycles. The number of nitrogens with one attached hydrogen (secondary N) is 2. The van der Waals surface area contributed by atoms with Gasteiger partial charge in [-0.2, -0.15) is 0 Å². The average molecular weight is 390 g/mol. The van der Waals surface area contributed by atoms with E-state index in [1.807, 2.05) is 30.3 Å². The zero-order valence-electron chi connectivity index (χ0n) is 16.1. The summed E-state index contributed by atoms with van der Waals surface area (Å²) < 4.78 is 4.96. The summed E-state index contributed by atoms with van der Waals surface area (Å²) >= 11 is 0. The van der Waals surface area contributed by atoms with Crippen LogP contribution in [0.1, 0.15) is 33.3 Å². The second-order valence-electron chi connectivity index (χ2n) is 6.18. The van der Waals surface area contributed by atoms with E-state index in [-0.39, 0.29) is 17.6 Å². The largest absolute Gasteiger partial charge is 0.462 e. The number of rotatable bonds is 8. The fourth-order valence-electron chi connectivity index (χ4n) is 2.63. The molecular weight excluding hydrogens is 368 g/mol. The van der Waals surface area contributed by atoms with Crippen LogP contribution in [0, 0.1) is 0 Å². The number of ether oxygens (including phenoxy) is 1. The van der Waals surface area contributed by atoms with E-state index < -0.39 is 0 Å². The highest BCUT2D eigenvalue weighted by Gasteiger charge is 2.10. The first kappa shape index (κ1) is 20.0. The molecule has 0 atom stereocenters. The predicted octanol–water partition coefficient (Wildman–Crippen LogP) is 3.37. The lowest BCUT2D eigenvalue weighted by Crippen LogP contribution is -2.26. The zero-order chi connectivity index (χ0) is 20.5. The summed E-state index contributed by atoms with van der Waals surface area (Å²) in [5, 5.41) is 5.89. The molecule has 0 bridgehead atoms. The van der Waals surface area contributed by atoms with Gasteiger partial charge in [0, 0.05) is 18.4 Å². The van der Waals surface area contributed by atoms with Crippen LogP contribution in [-0.2, 0) is 11.2 Å². The van der Waals surface area contributed by atoms with Crippen molar-refractivity contribution >= 4 is 23.5 Å². The minimum atomic E-state index is -0.371. The van der Waals surface area contributed by atoms with Gasteiger partial charge in [0.25, 0.3) is 5.91 Å². The number of amides is 1. The molecule has 0 fully saturated rings. The van der Waals surface area contributed by atoms with E-state index >= 15 is 0 Å². The van der Waals surface area contributed by atoms with Gasteiger partial charge in [0.15, 0.2) is 0 Å². The van der Waals surface area contributed by atoms with Crippen molar-refractivity contribution in [2.75, 3.05) is 18.5 Å². The number of anilines is 2. The Balaban J connectivity index is 1.57. The molecule has 3 aromatic rings. The minimum absolute atomic E-state index is 0.260. The third kappa shape index (κ3) is 5.87. The van der Waals surface area contributed by atoms with Gasteiger partial charge in [0.1, 0.15) is 5.69 Å². The number of hydrogen-bond donors (Lipinski definition) is 2. The number of hydrogen-bond acceptors (Lipinski definition) is 6. The van der Waals surface area contributed by atoms with Crippen molar-refractivity contribution in [1.29, 1.82) is 0 Å². The molecule has 1 aromatic heterocycles. The van der Waals surface area contributed by atoms with Crippen LogP contribution in [0.5, 0.6) is 0 Å². The Morgan fingerprint density at radius 1 is 1.00 bits per heavy atom. The van der Waals surface area contributed by atoms with Crippen LogP contribution in [0.25, 0.3) is 0 Å². The number of carbonyl (C=O) groups excluding carboxylic acids is 2. The van der Waals surface area contributed by atoms with Gasteiger partial charge in [-0.15, -0.1) is 0 Å². The molecule has 0 unspecified atom stereocenters. The van der Waals surface area contributed by atoms with E-state index in [9.17, 15) is 9.59 Å². The van der Waals surface area contributed by atoms with E-state index in [1.54, 1.807) is 37.3 Å². The molecule has 7 nitrogen and oxygen atoms in total. The van der Waals surface area contributed by atoms with Gasteiger partial charge in [-0.1, -0.05) is 30.3 Å². The van der Waals surface area contributed by atoms with E-state index in [4.69, 9.17) is 4.74 Å². The summed E-state index contributed by atoms with van der Waals surface area (Å²) in [5.41, 5.74) is 2.59. The maximum Gasteiger partial charge on any atom is 0.338 e. The molecule has 148 valence electrons. The molecule has 0 saturated carbocycles. The van der Waals surface area contributed by atoms with E-state index in [1.165, 1.54) is 6.20 Å². The van der Waals surface area contributed by atoms with E-state index in [2.05, 4.69) is 20.6 Å². The van der Waals surface area contributed by atoms with Crippen molar-refractivity contribution < 1.29 is 14.3 Å². The number of nitrogens with zero attached hydrogens (tertiary/aromatic N) is 2. The lowest BCUT2D eigenvalue weighted by atomic mass is 10.1. The molecule has 0 radical (unpaired) electrons. The molecule has 3 rings (SSSR count). The predicted molar refractivity (Wildman–Crippen MR) is 110 cm³/mol. The standard InChI is InChI=1S/C22H22N4O3/c1-2-29-21(28)17-8-10-18(11-9-17)25-22-24-15-13-19(26-22)20(27)23-14-12-16-6-4-3-5-7-16/h3-11,13,15H,2,12,14H2,1H3,(H,23,27)(H,24,25,26). The monoisotopic (exact) mass is 390 g/mol. The van der Waals surface area contributed by atoms with Gasteiger partial charge in [-0.3, -0.25) is 4.79 Å². The molecule has 0 aliphatic heterocycles. The van der Waals surface area contributed by atoms with Gasteiger partial charge in [-0.05, 0) is 49.2 Å². The minimum Gasteiger partial charge on any atom is -0.462 e. The second-order valence-corrected chi connectivity index (χ2v) is 6.18. The molecule has 1 amide bonds. The van der Waals surface area contributed by atoms with Crippen LogP contribution in [0.4, 0.5) is 11.6 Å². The average Bonchev–Trinajstić information content (AvgIpc) is 2.75. The molecule has 2 N–H and O–H groups in total. The first-order chi connectivity index (χ1) is 14.2. The third-order valence-electron chi connectivity index (χ3n) is 4.08. The van der Waals surface area contributed by atoms with E-state index in [0.717, 1.165) is 12.0 Å². The highest BCUT2D eigenvalue weighted by atomic mass is 16.5. The normalized spacial score (nSPS) is 10.2. The smallest absolute Gasteiger partial charge is 0.338 e. The molecule has 0 aliphatic carbocycles. The van der Waals surface area contributed by atoms with Gasteiger partial charge < -0.3 is 15.4 Å². The van der Waals surface area contributed by atoms with Crippen molar-refractivity contribution in [1.82, 2.24) is 15.3 Å². The summed E-state index contributed by atoms with van der Waals surface area (Å²) in [4.78, 5) is 32.4. The number of aromatic nitrogens is 2. The van der Waals surface area contributed by atoms with Crippen LogP contribution in [-0.4, -0.2) is 35.0 Å². The summed E-state index contributed by atoms with van der Waals surface area (Å²) in [7, 11) is 0. The third-order valence-corrected chi connectivity index (χ3v) is 4.08. The summed E-state index contributed by atoms with van der Waals surface area (Å²) in [6.07, 6.45) is 2.27. The van der Waals surface area contributed by atoms with E-state index in [0.29, 0.717) is 30.4 Å². The van der Waals surface area contributed by atoms with Crippen molar-refractivity contribution in [3.8, 4) is 0 Å². The first-order valence-corrected chi connectivity index (χ1v) is 9.35. The Morgan fingerprint density at radius 3 is 2.48 bits per heavy atom. The highest BCUT2D eigenvalue weighted by Crippen LogP contribution is 2.14. The first-order valence-electron chi connectivity index (χ1n) is 9.35. The zero-order valence-corrected chi connectivity index (χ0v) is 16.1. The van der Waals surface area contributed by atoms with Gasteiger partial charge >= 0.3 is 5.97 Å². The molecule has 0 aliphatic rings. The molecule has 7 heteroatoms. The second kappa shape index (κ2) is 9.98.